The van der Waals surface area contributed by atoms with Crippen molar-refractivity contribution in [3.63, 3.8) is 0 Å². The molecule has 3 aromatic heterocycles. The third-order valence-electron chi connectivity index (χ3n) is 4.70. The van der Waals surface area contributed by atoms with Crippen molar-refractivity contribution < 1.29 is 9.26 Å². The normalized spacial score (nSPS) is 15.5. The van der Waals surface area contributed by atoms with Crippen LogP contribution in [0.15, 0.2) is 53.3 Å². The van der Waals surface area contributed by atoms with Crippen molar-refractivity contribution in [3.8, 4) is 23.1 Å². The second-order valence-corrected chi connectivity index (χ2v) is 6.33. The Kier molecular flexibility index (Phi) is 3.71. The van der Waals surface area contributed by atoms with Gasteiger partial charge in [0.25, 0.3) is 5.89 Å². The van der Waals surface area contributed by atoms with Gasteiger partial charge in [-0.05, 0) is 30.4 Å². The van der Waals surface area contributed by atoms with E-state index in [-0.39, 0.29) is 0 Å². The molecule has 0 N–H and O–H groups in total. The second-order valence-electron chi connectivity index (χ2n) is 6.33. The van der Waals surface area contributed by atoms with E-state index in [1.54, 1.807) is 6.20 Å². The largest absolute Gasteiger partial charge is 0.381 e. The highest BCUT2D eigenvalue weighted by molar-refractivity contribution is 5.92. The smallest absolute Gasteiger partial charge is 0.278 e. The topological polar surface area (TPSA) is 78.9 Å². The summed E-state index contributed by atoms with van der Waals surface area (Å²) in [5.74, 6) is 0.873. The summed E-state index contributed by atoms with van der Waals surface area (Å²) >= 11 is 0. The van der Waals surface area contributed by atoms with Crippen LogP contribution in [0.4, 0.5) is 0 Å². The monoisotopic (exact) mass is 347 g/mol. The Labute approximate surface area is 149 Å². The van der Waals surface area contributed by atoms with E-state index in [4.69, 9.17) is 9.26 Å². The molecule has 4 aromatic rings. The molecular formula is C19H17N5O2. The van der Waals surface area contributed by atoms with Gasteiger partial charge in [-0.1, -0.05) is 29.4 Å². The molecule has 0 bridgehead atoms. The number of hydrogen-bond donors (Lipinski definition) is 0. The van der Waals surface area contributed by atoms with E-state index in [9.17, 15) is 0 Å². The van der Waals surface area contributed by atoms with Gasteiger partial charge in [0.05, 0.1) is 6.04 Å². The predicted octanol–water partition coefficient (Wildman–Crippen LogP) is 3.50. The van der Waals surface area contributed by atoms with Crippen molar-refractivity contribution in [1.29, 1.82) is 0 Å². The van der Waals surface area contributed by atoms with Crippen LogP contribution in [-0.2, 0) is 4.74 Å². The van der Waals surface area contributed by atoms with Gasteiger partial charge < -0.3 is 9.26 Å². The van der Waals surface area contributed by atoms with E-state index in [0.29, 0.717) is 29.1 Å². The van der Waals surface area contributed by atoms with Crippen LogP contribution in [0.5, 0.6) is 0 Å². The number of nitrogens with zero attached hydrogens (tertiary/aromatic N) is 5. The molecule has 0 atom stereocenters. The number of pyridine rings is 1. The van der Waals surface area contributed by atoms with Crippen LogP contribution in [0.1, 0.15) is 18.9 Å². The average molecular weight is 347 g/mol. The first-order valence-electron chi connectivity index (χ1n) is 8.69. The molecule has 5 rings (SSSR count). The molecule has 0 amide bonds. The lowest BCUT2D eigenvalue weighted by Gasteiger charge is -2.22. The minimum absolute atomic E-state index is 0.361. The predicted molar refractivity (Wildman–Crippen MR) is 95.3 cm³/mol. The van der Waals surface area contributed by atoms with Crippen LogP contribution >= 0.6 is 0 Å². The number of rotatable bonds is 3. The first-order chi connectivity index (χ1) is 12.9. The van der Waals surface area contributed by atoms with Crippen LogP contribution in [0.3, 0.4) is 0 Å². The Morgan fingerprint density at radius 3 is 2.85 bits per heavy atom. The van der Waals surface area contributed by atoms with Crippen LogP contribution in [0.25, 0.3) is 33.9 Å². The standard InChI is InChI=1S/C19H17N5O2/c1-2-4-15-13(3-1)5-9-20-17(15)18-21-19(26-23-18)16-6-10-24(22-16)14-7-11-25-12-8-14/h1-6,9-10,14H,7-8,11-12H2. The van der Waals surface area contributed by atoms with Crippen LogP contribution in [0, 0.1) is 0 Å². The molecule has 130 valence electrons. The molecule has 0 radical (unpaired) electrons. The molecule has 7 nitrogen and oxygen atoms in total. The summed E-state index contributed by atoms with van der Waals surface area (Å²) in [7, 11) is 0. The van der Waals surface area contributed by atoms with Gasteiger partial charge in [-0.25, -0.2) is 0 Å². The minimum Gasteiger partial charge on any atom is -0.381 e. The lowest BCUT2D eigenvalue weighted by atomic mass is 10.1. The summed E-state index contributed by atoms with van der Waals surface area (Å²) in [6.45, 7) is 1.55. The third kappa shape index (κ3) is 2.66. The van der Waals surface area contributed by atoms with E-state index in [2.05, 4.69) is 20.2 Å². The molecular weight excluding hydrogens is 330 g/mol. The molecule has 1 aromatic carbocycles. The molecule has 7 heteroatoms. The van der Waals surface area contributed by atoms with Crippen molar-refractivity contribution in [1.82, 2.24) is 24.9 Å². The van der Waals surface area contributed by atoms with E-state index in [0.717, 1.165) is 36.8 Å². The molecule has 0 saturated carbocycles. The van der Waals surface area contributed by atoms with Gasteiger partial charge in [0, 0.05) is 31.0 Å². The number of fused-ring (bicyclic) bond motifs is 1. The fourth-order valence-corrected chi connectivity index (χ4v) is 3.33. The van der Waals surface area contributed by atoms with Gasteiger partial charge >= 0.3 is 0 Å². The zero-order valence-corrected chi connectivity index (χ0v) is 14.1. The maximum absolute atomic E-state index is 5.45. The molecule has 1 aliphatic rings. The summed E-state index contributed by atoms with van der Waals surface area (Å²) in [5.41, 5.74) is 1.39. The molecule has 0 spiro atoms. The molecule has 1 saturated heterocycles. The van der Waals surface area contributed by atoms with Crippen molar-refractivity contribution in [2.24, 2.45) is 0 Å². The van der Waals surface area contributed by atoms with Gasteiger partial charge in [0.1, 0.15) is 5.69 Å². The van der Waals surface area contributed by atoms with E-state index >= 15 is 0 Å². The van der Waals surface area contributed by atoms with E-state index in [1.165, 1.54) is 0 Å². The van der Waals surface area contributed by atoms with Crippen molar-refractivity contribution in [2.75, 3.05) is 13.2 Å². The highest BCUT2D eigenvalue weighted by Crippen LogP contribution is 2.27. The fraction of sp³-hybridized carbons (Fsp3) is 0.263. The van der Waals surface area contributed by atoms with Gasteiger partial charge in [-0.3, -0.25) is 9.67 Å². The first kappa shape index (κ1) is 15.2. The molecule has 1 fully saturated rings. The lowest BCUT2D eigenvalue weighted by molar-refractivity contribution is 0.0663. The molecule has 0 aliphatic carbocycles. The minimum atomic E-state index is 0.361. The average Bonchev–Trinajstić information content (AvgIpc) is 3.38. The quantitative estimate of drug-likeness (QED) is 0.564. The van der Waals surface area contributed by atoms with Crippen LogP contribution in [-0.4, -0.2) is 38.1 Å². The number of ether oxygens (including phenoxy) is 1. The molecule has 26 heavy (non-hydrogen) atoms. The van der Waals surface area contributed by atoms with Gasteiger partial charge in [-0.2, -0.15) is 10.1 Å². The zero-order valence-electron chi connectivity index (χ0n) is 14.1. The fourth-order valence-electron chi connectivity index (χ4n) is 3.33. The Bertz CT molecular complexity index is 1040. The Morgan fingerprint density at radius 1 is 1.04 bits per heavy atom. The number of aromatic nitrogens is 5. The van der Waals surface area contributed by atoms with Gasteiger partial charge in [0.2, 0.25) is 5.82 Å². The van der Waals surface area contributed by atoms with Crippen molar-refractivity contribution >= 4 is 10.8 Å². The molecule has 4 heterocycles. The lowest BCUT2D eigenvalue weighted by Crippen LogP contribution is -2.19. The van der Waals surface area contributed by atoms with Gasteiger partial charge in [0.15, 0.2) is 5.69 Å². The van der Waals surface area contributed by atoms with Crippen molar-refractivity contribution in [2.45, 2.75) is 18.9 Å². The Balaban J connectivity index is 1.48. The highest BCUT2D eigenvalue weighted by atomic mass is 16.5. The van der Waals surface area contributed by atoms with E-state index in [1.807, 2.05) is 47.3 Å². The zero-order chi connectivity index (χ0) is 17.3. The summed E-state index contributed by atoms with van der Waals surface area (Å²) in [5, 5.41) is 10.8. The number of hydrogen-bond acceptors (Lipinski definition) is 6. The third-order valence-corrected chi connectivity index (χ3v) is 4.70. The summed E-state index contributed by atoms with van der Waals surface area (Å²) in [6.07, 6.45) is 5.66. The Morgan fingerprint density at radius 2 is 1.92 bits per heavy atom. The SMILES string of the molecule is c1ccc2c(-c3noc(-c4ccn(C5CCOCC5)n4)n3)nccc2c1. The maximum atomic E-state index is 5.45. The first-order valence-corrected chi connectivity index (χ1v) is 8.69. The maximum Gasteiger partial charge on any atom is 0.278 e. The summed E-state index contributed by atoms with van der Waals surface area (Å²) < 4.78 is 12.8. The van der Waals surface area contributed by atoms with Crippen LogP contribution in [0.2, 0.25) is 0 Å². The second kappa shape index (κ2) is 6.34. The van der Waals surface area contributed by atoms with Crippen molar-refractivity contribution in [3.05, 3.63) is 48.8 Å². The summed E-state index contributed by atoms with van der Waals surface area (Å²) in [6, 6.07) is 12.3. The number of benzene rings is 1. The Hall–Kier alpha value is -3.06. The van der Waals surface area contributed by atoms with Crippen LogP contribution < -0.4 is 0 Å². The molecule has 1 aliphatic heterocycles. The molecule has 0 unspecified atom stereocenters. The van der Waals surface area contributed by atoms with E-state index < -0.39 is 0 Å². The van der Waals surface area contributed by atoms with Gasteiger partial charge in [-0.15, -0.1) is 0 Å². The highest BCUT2D eigenvalue weighted by Gasteiger charge is 2.19. The summed E-state index contributed by atoms with van der Waals surface area (Å²) in [4.78, 5) is 8.96.